The molecule has 0 saturated heterocycles. The molecule has 1 aromatic rings. The predicted molar refractivity (Wildman–Crippen MR) is 72.4 cm³/mol. The molecule has 0 aliphatic heterocycles. The first-order chi connectivity index (χ1) is 8.45. The molecule has 1 rings (SSSR count). The van der Waals surface area contributed by atoms with Crippen molar-refractivity contribution < 1.29 is 14.7 Å². The summed E-state index contributed by atoms with van der Waals surface area (Å²) in [4.78, 5) is 23.4. The van der Waals surface area contributed by atoms with E-state index < -0.39 is 17.9 Å². The Kier molecular flexibility index (Phi) is 5.50. The van der Waals surface area contributed by atoms with E-state index in [1.165, 1.54) is 18.7 Å². The van der Waals surface area contributed by atoms with Crippen LogP contribution in [-0.2, 0) is 4.79 Å². The molecule has 0 aromatic heterocycles. The number of thioether (sulfide) groups is 1. The zero-order valence-corrected chi connectivity index (χ0v) is 11.6. The highest BCUT2D eigenvalue weighted by Gasteiger charge is 2.18. The van der Waals surface area contributed by atoms with Crippen LogP contribution in [0, 0.1) is 0 Å². The van der Waals surface area contributed by atoms with Gasteiger partial charge in [-0.2, -0.15) is 0 Å². The van der Waals surface area contributed by atoms with Crippen molar-refractivity contribution in [1.82, 2.24) is 5.32 Å². The van der Waals surface area contributed by atoms with Crippen molar-refractivity contribution in [3.8, 4) is 0 Å². The fourth-order valence-corrected chi connectivity index (χ4v) is 2.25. The number of benzene rings is 1. The zero-order valence-electron chi connectivity index (χ0n) is 10.1. The fourth-order valence-electron chi connectivity index (χ4n) is 1.30. The normalized spacial score (nSPS) is 11.9. The van der Waals surface area contributed by atoms with E-state index >= 15 is 0 Å². The minimum Gasteiger partial charge on any atom is -0.480 e. The Morgan fingerprint density at radius 2 is 2.17 bits per heavy atom. The summed E-state index contributed by atoms with van der Waals surface area (Å²) in [5, 5.41) is 11.6. The number of carboxylic acids is 1. The molecule has 1 amide bonds. The Morgan fingerprint density at radius 3 is 2.72 bits per heavy atom. The van der Waals surface area contributed by atoms with Crippen LogP contribution in [0.25, 0.3) is 0 Å². The van der Waals surface area contributed by atoms with Gasteiger partial charge in [0.1, 0.15) is 6.04 Å². The smallest absolute Gasteiger partial charge is 0.325 e. The maximum absolute atomic E-state index is 12.0. The molecule has 0 fully saturated rings. The van der Waals surface area contributed by atoms with E-state index in [0.717, 1.165) is 10.6 Å². The predicted octanol–water partition coefficient (Wildman–Crippen LogP) is 2.65. The summed E-state index contributed by atoms with van der Waals surface area (Å²) in [6.45, 7) is 3.39. The van der Waals surface area contributed by atoms with Crippen LogP contribution in [0.3, 0.4) is 0 Å². The molecule has 2 N–H and O–H groups in total. The highest BCUT2D eigenvalue weighted by molar-refractivity contribution is 7.99. The second-order valence-electron chi connectivity index (χ2n) is 3.61. The monoisotopic (exact) mass is 287 g/mol. The largest absolute Gasteiger partial charge is 0.480 e. The van der Waals surface area contributed by atoms with Gasteiger partial charge in [-0.05, 0) is 30.9 Å². The SMILES string of the molecule is CCSc1ccc(Cl)cc1C(=O)N[C@@H](C)C(=O)O. The summed E-state index contributed by atoms with van der Waals surface area (Å²) in [5.74, 6) is -0.686. The molecule has 0 spiro atoms. The number of amides is 1. The molecule has 0 bridgehead atoms. The first-order valence-corrected chi connectivity index (χ1v) is 6.78. The maximum atomic E-state index is 12.0. The van der Waals surface area contributed by atoms with E-state index in [-0.39, 0.29) is 0 Å². The summed E-state index contributed by atoms with van der Waals surface area (Å²) in [7, 11) is 0. The van der Waals surface area contributed by atoms with Crippen LogP contribution >= 0.6 is 23.4 Å². The first-order valence-electron chi connectivity index (χ1n) is 5.41. The number of aliphatic carboxylic acids is 1. The van der Waals surface area contributed by atoms with E-state index in [2.05, 4.69) is 5.32 Å². The molecule has 18 heavy (non-hydrogen) atoms. The van der Waals surface area contributed by atoms with Crippen molar-refractivity contribution in [3.63, 3.8) is 0 Å². The van der Waals surface area contributed by atoms with E-state index in [1.54, 1.807) is 18.2 Å². The summed E-state index contributed by atoms with van der Waals surface area (Å²) in [6, 6.07) is 4.08. The molecule has 0 radical (unpaired) electrons. The van der Waals surface area contributed by atoms with Crippen molar-refractivity contribution in [3.05, 3.63) is 28.8 Å². The Labute approximate surface area is 115 Å². The number of carbonyl (C=O) groups is 2. The van der Waals surface area contributed by atoms with Crippen LogP contribution in [-0.4, -0.2) is 28.8 Å². The summed E-state index contributed by atoms with van der Waals surface area (Å²) in [6.07, 6.45) is 0. The highest BCUT2D eigenvalue weighted by atomic mass is 35.5. The number of hydrogen-bond acceptors (Lipinski definition) is 3. The van der Waals surface area contributed by atoms with Crippen LogP contribution < -0.4 is 5.32 Å². The molecule has 98 valence electrons. The lowest BCUT2D eigenvalue weighted by molar-refractivity contribution is -0.138. The van der Waals surface area contributed by atoms with Gasteiger partial charge in [0.2, 0.25) is 0 Å². The first kappa shape index (κ1) is 14.9. The standard InChI is InChI=1S/C12H14ClNO3S/c1-3-18-10-5-4-8(13)6-9(10)11(15)14-7(2)12(16)17/h4-7H,3H2,1-2H3,(H,14,15)(H,16,17)/t7-/m0/s1. The van der Waals surface area contributed by atoms with Gasteiger partial charge < -0.3 is 10.4 Å². The molecule has 0 aliphatic rings. The third-order valence-electron chi connectivity index (χ3n) is 2.20. The van der Waals surface area contributed by atoms with Gasteiger partial charge in [-0.1, -0.05) is 18.5 Å². The van der Waals surface area contributed by atoms with E-state index in [4.69, 9.17) is 16.7 Å². The van der Waals surface area contributed by atoms with Gasteiger partial charge in [-0.25, -0.2) is 0 Å². The van der Waals surface area contributed by atoms with Crippen molar-refractivity contribution in [2.75, 3.05) is 5.75 Å². The maximum Gasteiger partial charge on any atom is 0.325 e. The molecular weight excluding hydrogens is 274 g/mol. The lowest BCUT2D eigenvalue weighted by atomic mass is 10.2. The average Bonchev–Trinajstić information content (AvgIpc) is 2.31. The Morgan fingerprint density at radius 1 is 1.50 bits per heavy atom. The van der Waals surface area contributed by atoms with Crippen molar-refractivity contribution >= 4 is 35.2 Å². The third-order valence-corrected chi connectivity index (χ3v) is 3.39. The van der Waals surface area contributed by atoms with Crippen molar-refractivity contribution in [2.45, 2.75) is 24.8 Å². The minimum absolute atomic E-state index is 0.405. The number of rotatable bonds is 5. The summed E-state index contributed by atoms with van der Waals surface area (Å²) >= 11 is 7.36. The molecule has 0 aliphatic carbocycles. The van der Waals surface area contributed by atoms with Crippen LogP contribution in [0.4, 0.5) is 0 Å². The van der Waals surface area contributed by atoms with E-state index in [9.17, 15) is 9.59 Å². The summed E-state index contributed by atoms with van der Waals surface area (Å²) in [5.41, 5.74) is 0.405. The Hall–Kier alpha value is -1.20. The minimum atomic E-state index is -1.07. The molecule has 0 saturated carbocycles. The van der Waals surface area contributed by atoms with Gasteiger partial charge in [-0.3, -0.25) is 9.59 Å². The molecule has 1 aromatic carbocycles. The highest BCUT2D eigenvalue weighted by Crippen LogP contribution is 2.25. The van der Waals surface area contributed by atoms with Gasteiger partial charge in [0.15, 0.2) is 0 Å². The third kappa shape index (κ3) is 3.92. The van der Waals surface area contributed by atoms with E-state index in [1.807, 2.05) is 6.92 Å². The van der Waals surface area contributed by atoms with Gasteiger partial charge in [0, 0.05) is 9.92 Å². The van der Waals surface area contributed by atoms with Gasteiger partial charge in [0.05, 0.1) is 5.56 Å². The molecule has 0 heterocycles. The van der Waals surface area contributed by atoms with Gasteiger partial charge in [0.25, 0.3) is 5.91 Å². The fraction of sp³-hybridized carbons (Fsp3) is 0.333. The number of carbonyl (C=O) groups excluding carboxylic acids is 1. The number of nitrogens with one attached hydrogen (secondary N) is 1. The quantitative estimate of drug-likeness (QED) is 0.817. The van der Waals surface area contributed by atoms with Crippen molar-refractivity contribution in [2.24, 2.45) is 0 Å². The Bertz CT molecular complexity index is 465. The summed E-state index contributed by atoms with van der Waals surface area (Å²) < 4.78 is 0. The van der Waals surface area contributed by atoms with Crippen LogP contribution in [0.2, 0.25) is 5.02 Å². The second kappa shape index (κ2) is 6.66. The van der Waals surface area contributed by atoms with Crippen molar-refractivity contribution in [1.29, 1.82) is 0 Å². The van der Waals surface area contributed by atoms with Gasteiger partial charge in [-0.15, -0.1) is 11.8 Å². The lowest BCUT2D eigenvalue weighted by Crippen LogP contribution is -2.38. The second-order valence-corrected chi connectivity index (χ2v) is 5.35. The zero-order chi connectivity index (χ0) is 13.7. The van der Waals surface area contributed by atoms with Crippen LogP contribution in [0.5, 0.6) is 0 Å². The number of carboxylic acid groups (broad SMARTS) is 1. The van der Waals surface area contributed by atoms with E-state index in [0.29, 0.717) is 10.6 Å². The average molecular weight is 288 g/mol. The molecule has 1 atom stereocenters. The molecule has 4 nitrogen and oxygen atoms in total. The van der Waals surface area contributed by atoms with Gasteiger partial charge >= 0.3 is 5.97 Å². The lowest BCUT2D eigenvalue weighted by Gasteiger charge is -2.12. The van der Waals surface area contributed by atoms with Crippen LogP contribution in [0.1, 0.15) is 24.2 Å². The number of halogens is 1. The molecular formula is C12H14ClNO3S. The number of hydrogen-bond donors (Lipinski definition) is 2. The molecule has 0 unspecified atom stereocenters. The topological polar surface area (TPSA) is 66.4 Å². The van der Waals surface area contributed by atoms with Crippen LogP contribution in [0.15, 0.2) is 23.1 Å². The Balaban J connectivity index is 2.96. The molecule has 6 heteroatoms.